The first-order valence-electron chi connectivity index (χ1n) is 6.23. The second-order valence-electron chi connectivity index (χ2n) is 5.09. The first-order chi connectivity index (χ1) is 8.11. The minimum absolute atomic E-state index is 0.149. The molecule has 1 aromatic rings. The Morgan fingerprint density at radius 3 is 2.76 bits per heavy atom. The van der Waals surface area contributed by atoms with E-state index < -0.39 is 0 Å². The Morgan fingerprint density at radius 1 is 1.41 bits per heavy atom. The van der Waals surface area contributed by atoms with Gasteiger partial charge in [0.15, 0.2) is 0 Å². The third-order valence-corrected chi connectivity index (χ3v) is 3.92. The van der Waals surface area contributed by atoms with Gasteiger partial charge in [-0.1, -0.05) is 13.0 Å². The van der Waals surface area contributed by atoms with E-state index in [0.29, 0.717) is 11.9 Å². The lowest BCUT2D eigenvalue weighted by molar-refractivity contribution is 0.375. The fourth-order valence-electron chi connectivity index (χ4n) is 2.63. The van der Waals surface area contributed by atoms with Gasteiger partial charge in [0, 0.05) is 18.5 Å². The lowest BCUT2D eigenvalue weighted by atomic mass is 9.93. The zero-order valence-corrected chi connectivity index (χ0v) is 11.2. The van der Waals surface area contributed by atoms with Gasteiger partial charge in [0.2, 0.25) is 0 Å². The van der Waals surface area contributed by atoms with Crippen LogP contribution in [0.15, 0.2) is 18.2 Å². The lowest BCUT2D eigenvalue weighted by Crippen LogP contribution is -2.40. The van der Waals surface area contributed by atoms with Crippen molar-refractivity contribution in [3.63, 3.8) is 0 Å². The van der Waals surface area contributed by atoms with E-state index in [-0.39, 0.29) is 5.82 Å². The molecule has 1 aromatic carbocycles. The van der Waals surface area contributed by atoms with Gasteiger partial charge in [-0.15, -0.1) is 11.6 Å². The predicted molar refractivity (Wildman–Crippen MR) is 71.2 cm³/mol. The smallest absolute Gasteiger partial charge is 0.146 e. The van der Waals surface area contributed by atoms with Gasteiger partial charge in [-0.3, -0.25) is 0 Å². The third kappa shape index (κ3) is 2.74. The maximum Gasteiger partial charge on any atom is 0.146 e. The molecule has 0 aliphatic carbocycles. The van der Waals surface area contributed by atoms with E-state index >= 15 is 0 Å². The summed E-state index contributed by atoms with van der Waals surface area (Å²) < 4.78 is 14.0. The van der Waals surface area contributed by atoms with Crippen LogP contribution < -0.4 is 4.90 Å². The van der Waals surface area contributed by atoms with Crippen LogP contribution in [0.5, 0.6) is 0 Å². The Hall–Kier alpha value is -0.760. The fraction of sp³-hybridized carbons (Fsp3) is 0.571. The second-order valence-corrected chi connectivity index (χ2v) is 5.36. The van der Waals surface area contributed by atoms with Gasteiger partial charge in [-0.05, 0) is 43.4 Å². The topological polar surface area (TPSA) is 3.24 Å². The Balaban J connectivity index is 2.22. The fourth-order valence-corrected chi connectivity index (χ4v) is 2.80. The molecule has 1 heterocycles. The maximum atomic E-state index is 14.0. The molecule has 1 aliphatic heterocycles. The van der Waals surface area contributed by atoms with Crippen LogP contribution in [0.1, 0.15) is 32.3 Å². The first kappa shape index (κ1) is 12.7. The zero-order chi connectivity index (χ0) is 12.4. The van der Waals surface area contributed by atoms with Crippen LogP contribution in [0.25, 0.3) is 0 Å². The van der Waals surface area contributed by atoms with E-state index in [1.54, 1.807) is 6.07 Å². The van der Waals surface area contributed by atoms with Gasteiger partial charge in [0.25, 0.3) is 0 Å². The molecule has 0 saturated carbocycles. The highest BCUT2D eigenvalue weighted by Crippen LogP contribution is 2.30. The summed E-state index contributed by atoms with van der Waals surface area (Å²) in [6.45, 7) is 5.38. The molecule has 0 spiro atoms. The van der Waals surface area contributed by atoms with E-state index in [2.05, 4.69) is 18.7 Å². The van der Waals surface area contributed by atoms with Crippen molar-refractivity contribution in [2.75, 3.05) is 11.4 Å². The molecule has 3 heteroatoms. The van der Waals surface area contributed by atoms with Crippen molar-refractivity contribution in [2.24, 2.45) is 5.92 Å². The van der Waals surface area contributed by atoms with Gasteiger partial charge in [-0.25, -0.2) is 4.39 Å². The van der Waals surface area contributed by atoms with E-state index in [9.17, 15) is 4.39 Å². The summed E-state index contributed by atoms with van der Waals surface area (Å²) in [5, 5.41) is 0. The minimum atomic E-state index is -0.149. The van der Waals surface area contributed by atoms with Crippen LogP contribution >= 0.6 is 11.6 Å². The van der Waals surface area contributed by atoms with E-state index in [1.807, 2.05) is 12.1 Å². The summed E-state index contributed by atoms with van der Waals surface area (Å²) >= 11 is 5.70. The highest BCUT2D eigenvalue weighted by atomic mass is 35.5. The third-order valence-electron chi connectivity index (χ3n) is 3.61. The van der Waals surface area contributed by atoms with Crippen LogP contribution in [-0.4, -0.2) is 12.6 Å². The molecule has 1 fully saturated rings. The Morgan fingerprint density at radius 2 is 2.18 bits per heavy atom. The quantitative estimate of drug-likeness (QED) is 0.717. The van der Waals surface area contributed by atoms with Crippen LogP contribution in [0, 0.1) is 11.7 Å². The molecule has 2 rings (SSSR count). The number of benzene rings is 1. The normalized spacial score (nSPS) is 25.1. The van der Waals surface area contributed by atoms with Crippen molar-refractivity contribution in [1.29, 1.82) is 0 Å². The zero-order valence-electron chi connectivity index (χ0n) is 10.4. The lowest BCUT2D eigenvalue weighted by Gasteiger charge is -2.38. The first-order valence-corrected chi connectivity index (χ1v) is 6.76. The molecule has 0 aromatic heterocycles. The number of hydrogen-bond acceptors (Lipinski definition) is 1. The maximum absolute atomic E-state index is 14.0. The van der Waals surface area contributed by atoms with Crippen molar-refractivity contribution in [1.82, 2.24) is 0 Å². The van der Waals surface area contributed by atoms with Crippen molar-refractivity contribution < 1.29 is 4.39 Å². The second kappa shape index (κ2) is 5.26. The van der Waals surface area contributed by atoms with Gasteiger partial charge in [0.05, 0.1) is 5.69 Å². The highest BCUT2D eigenvalue weighted by Gasteiger charge is 2.24. The van der Waals surface area contributed by atoms with Crippen LogP contribution in [-0.2, 0) is 5.88 Å². The predicted octanol–water partition coefficient (Wildman–Crippen LogP) is 4.19. The van der Waals surface area contributed by atoms with E-state index in [1.165, 1.54) is 0 Å². The van der Waals surface area contributed by atoms with Crippen LogP contribution in [0.4, 0.5) is 10.1 Å². The molecule has 0 amide bonds. The molecule has 0 radical (unpaired) electrons. The Labute approximate surface area is 108 Å². The van der Waals surface area contributed by atoms with Gasteiger partial charge >= 0.3 is 0 Å². The van der Waals surface area contributed by atoms with Crippen LogP contribution in [0.2, 0.25) is 0 Å². The Bertz CT molecular complexity index is 394. The van der Waals surface area contributed by atoms with E-state index in [0.717, 1.165) is 36.6 Å². The SMILES string of the molecule is CC1CCN(c2ccc(CCl)cc2F)C(C)C1. The molecule has 1 aliphatic rings. The molecule has 2 atom stereocenters. The molecule has 1 saturated heterocycles. The van der Waals surface area contributed by atoms with E-state index in [4.69, 9.17) is 11.6 Å². The average Bonchev–Trinajstić information content (AvgIpc) is 2.30. The molecule has 1 nitrogen and oxygen atoms in total. The number of halogens is 2. The largest absolute Gasteiger partial charge is 0.366 e. The summed E-state index contributed by atoms with van der Waals surface area (Å²) in [7, 11) is 0. The Kier molecular flexibility index (Phi) is 3.93. The summed E-state index contributed by atoms with van der Waals surface area (Å²) in [5.74, 6) is 0.958. The van der Waals surface area contributed by atoms with Crippen molar-refractivity contribution in [2.45, 2.75) is 38.6 Å². The van der Waals surface area contributed by atoms with Crippen molar-refractivity contribution in [3.8, 4) is 0 Å². The molecule has 94 valence electrons. The van der Waals surface area contributed by atoms with Gasteiger partial charge in [0.1, 0.15) is 5.82 Å². The molecule has 2 unspecified atom stereocenters. The molecular weight excluding hydrogens is 237 g/mol. The number of hydrogen-bond donors (Lipinski definition) is 0. The number of alkyl halides is 1. The number of rotatable bonds is 2. The standard InChI is InChI=1S/C14H19ClFN/c1-10-5-6-17(11(2)7-10)14-4-3-12(9-15)8-13(14)16/h3-4,8,10-11H,5-7,9H2,1-2H3. The molecular formula is C14H19ClFN. The van der Waals surface area contributed by atoms with Crippen molar-refractivity contribution >= 4 is 17.3 Å². The van der Waals surface area contributed by atoms with Gasteiger partial charge in [-0.2, -0.15) is 0 Å². The van der Waals surface area contributed by atoms with Crippen LogP contribution in [0.3, 0.4) is 0 Å². The summed E-state index contributed by atoms with van der Waals surface area (Å²) in [6, 6.07) is 5.73. The number of piperidine rings is 1. The number of anilines is 1. The summed E-state index contributed by atoms with van der Waals surface area (Å²) in [6.07, 6.45) is 2.28. The molecule has 0 bridgehead atoms. The molecule has 17 heavy (non-hydrogen) atoms. The average molecular weight is 256 g/mol. The minimum Gasteiger partial charge on any atom is -0.366 e. The van der Waals surface area contributed by atoms with Gasteiger partial charge < -0.3 is 4.90 Å². The molecule has 0 N–H and O–H groups in total. The monoisotopic (exact) mass is 255 g/mol. The van der Waals surface area contributed by atoms with Crippen molar-refractivity contribution in [3.05, 3.63) is 29.6 Å². The number of nitrogens with zero attached hydrogens (tertiary/aromatic N) is 1. The summed E-state index contributed by atoms with van der Waals surface area (Å²) in [4.78, 5) is 2.17. The highest BCUT2D eigenvalue weighted by molar-refractivity contribution is 6.17. The summed E-state index contributed by atoms with van der Waals surface area (Å²) in [5.41, 5.74) is 1.56.